The predicted octanol–water partition coefficient (Wildman–Crippen LogP) is 3.47. The van der Waals surface area contributed by atoms with Gasteiger partial charge in [0.2, 0.25) is 0 Å². The van der Waals surface area contributed by atoms with Gasteiger partial charge in [0.1, 0.15) is 12.1 Å². The molecule has 108 valence electrons. The van der Waals surface area contributed by atoms with E-state index in [9.17, 15) is 9.59 Å². The molecule has 0 bridgehead atoms. The minimum absolute atomic E-state index is 0.00218. The lowest BCUT2D eigenvalue weighted by atomic mass is 9.77. The Morgan fingerprint density at radius 1 is 1.42 bits per heavy atom. The first-order valence-electron chi connectivity index (χ1n) is 7.30. The summed E-state index contributed by atoms with van der Waals surface area (Å²) in [7, 11) is 1.71. The van der Waals surface area contributed by atoms with Gasteiger partial charge in [-0.3, -0.25) is 4.79 Å². The predicted molar refractivity (Wildman–Crippen MR) is 76.1 cm³/mol. The highest BCUT2D eigenvalue weighted by Gasteiger charge is 2.41. The molecule has 1 fully saturated rings. The minimum atomic E-state index is -0.362. The van der Waals surface area contributed by atoms with Gasteiger partial charge in [-0.05, 0) is 38.0 Å². The van der Waals surface area contributed by atoms with E-state index in [0.29, 0.717) is 18.6 Å². The number of carbonyl (C=O) groups is 2. The summed E-state index contributed by atoms with van der Waals surface area (Å²) in [6.45, 7) is 3.74. The van der Waals surface area contributed by atoms with Crippen molar-refractivity contribution in [3.63, 3.8) is 0 Å². The van der Waals surface area contributed by atoms with E-state index < -0.39 is 0 Å². The summed E-state index contributed by atoms with van der Waals surface area (Å²) in [5.41, 5.74) is -0.362. The van der Waals surface area contributed by atoms with Crippen molar-refractivity contribution in [2.45, 2.75) is 63.4 Å². The Kier molecular flexibility index (Phi) is 7.00. The van der Waals surface area contributed by atoms with Gasteiger partial charge >= 0.3 is 0 Å². The molecule has 0 aromatic heterocycles. The molecule has 19 heavy (non-hydrogen) atoms. The van der Waals surface area contributed by atoms with Gasteiger partial charge in [0.25, 0.3) is 0 Å². The van der Waals surface area contributed by atoms with E-state index in [0.717, 1.165) is 32.1 Å². The van der Waals surface area contributed by atoms with Crippen molar-refractivity contribution in [1.29, 1.82) is 0 Å². The number of hydrogen-bond donors (Lipinski definition) is 0. The molecule has 1 aliphatic carbocycles. The molecule has 1 unspecified atom stereocenters. The fourth-order valence-electron chi connectivity index (χ4n) is 3.27. The van der Waals surface area contributed by atoms with Crippen LogP contribution in [0.25, 0.3) is 0 Å². The zero-order valence-corrected chi connectivity index (χ0v) is 12.0. The van der Waals surface area contributed by atoms with E-state index >= 15 is 0 Å². The van der Waals surface area contributed by atoms with Crippen LogP contribution in [0, 0.1) is 5.92 Å². The lowest BCUT2D eigenvalue weighted by Gasteiger charge is -2.38. The van der Waals surface area contributed by atoms with E-state index in [1.165, 1.54) is 12.8 Å². The Morgan fingerprint density at radius 3 is 2.63 bits per heavy atom. The number of unbranched alkanes of at least 4 members (excludes halogenated alkanes) is 1. The zero-order valence-electron chi connectivity index (χ0n) is 12.0. The van der Waals surface area contributed by atoms with Crippen LogP contribution in [0.3, 0.4) is 0 Å². The first-order valence-corrected chi connectivity index (χ1v) is 7.30. The molecule has 1 aliphatic rings. The third kappa shape index (κ3) is 4.57. The maximum absolute atomic E-state index is 11.9. The smallest absolute Gasteiger partial charge is 0.142 e. The van der Waals surface area contributed by atoms with Crippen LogP contribution >= 0.6 is 0 Å². The van der Waals surface area contributed by atoms with Crippen molar-refractivity contribution < 1.29 is 14.3 Å². The molecule has 0 spiro atoms. The molecule has 1 rings (SSSR count). The van der Waals surface area contributed by atoms with Gasteiger partial charge < -0.3 is 9.53 Å². The molecule has 0 aromatic rings. The van der Waals surface area contributed by atoms with Crippen LogP contribution in [0.2, 0.25) is 0 Å². The third-order valence-electron chi connectivity index (χ3n) is 4.32. The largest absolute Gasteiger partial charge is 0.377 e. The Morgan fingerprint density at radius 2 is 2.11 bits per heavy atom. The molecular formula is C16H26O3. The van der Waals surface area contributed by atoms with Gasteiger partial charge in [0.05, 0.1) is 12.0 Å². The summed E-state index contributed by atoms with van der Waals surface area (Å²) in [4.78, 5) is 22.4. The van der Waals surface area contributed by atoms with Crippen LogP contribution in [0.15, 0.2) is 12.7 Å². The molecule has 1 atom stereocenters. The van der Waals surface area contributed by atoms with Crippen molar-refractivity contribution in [2.75, 3.05) is 7.11 Å². The molecule has 0 heterocycles. The van der Waals surface area contributed by atoms with E-state index in [2.05, 4.69) is 6.58 Å². The molecule has 0 saturated heterocycles. The first-order chi connectivity index (χ1) is 9.18. The topological polar surface area (TPSA) is 43.4 Å². The number of ether oxygens (including phenoxy) is 1. The van der Waals surface area contributed by atoms with Gasteiger partial charge in [0, 0.05) is 13.5 Å². The maximum Gasteiger partial charge on any atom is 0.142 e. The Hall–Kier alpha value is -0.960. The Labute approximate surface area is 116 Å². The summed E-state index contributed by atoms with van der Waals surface area (Å²) in [6.07, 6.45) is 10.5. The van der Waals surface area contributed by atoms with Crippen molar-refractivity contribution in [3.8, 4) is 0 Å². The summed E-state index contributed by atoms with van der Waals surface area (Å²) in [5, 5.41) is 0. The monoisotopic (exact) mass is 266 g/mol. The fraction of sp³-hybridized carbons (Fsp3) is 0.750. The number of methoxy groups -OCH3 is 1. The van der Waals surface area contributed by atoms with Gasteiger partial charge in [-0.25, -0.2) is 0 Å². The van der Waals surface area contributed by atoms with Crippen LogP contribution < -0.4 is 0 Å². The molecule has 0 aromatic carbocycles. The van der Waals surface area contributed by atoms with Crippen LogP contribution in [-0.4, -0.2) is 24.8 Å². The summed E-state index contributed by atoms with van der Waals surface area (Å²) >= 11 is 0. The number of ketones is 1. The lowest BCUT2D eigenvalue weighted by molar-refractivity contribution is -0.132. The highest BCUT2D eigenvalue weighted by molar-refractivity contribution is 5.90. The molecule has 3 heteroatoms. The van der Waals surface area contributed by atoms with Crippen LogP contribution in [-0.2, 0) is 14.3 Å². The van der Waals surface area contributed by atoms with Crippen LogP contribution in [0.4, 0.5) is 0 Å². The zero-order chi connectivity index (χ0) is 14.1. The normalized spacial score (nSPS) is 19.0. The molecular weight excluding hydrogens is 240 g/mol. The molecule has 0 aliphatic heterocycles. The number of carbonyl (C=O) groups excluding carboxylic acids is 2. The Balaban J connectivity index is 2.74. The number of Topliss-reactive ketones (excluding diaryl/α,β-unsaturated/α-hetero) is 1. The molecule has 0 radical (unpaired) electrons. The second kappa shape index (κ2) is 8.26. The van der Waals surface area contributed by atoms with Crippen molar-refractivity contribution in [3.05, 3.63) is 12.7 Å². The average molecular weight is 266 g/mol. The van der Waals surface area contributed by atoms with Gasteiger partial charge in [0.15, 0.2) is 0 Å². The van der Waals surface area contributed by atoms with E-state index in [-0.39, 0.29) is 17.8 Å². The van der Waals surface area contributed by atoms with Crippen molar-refractivity contribution >= 4 is 12.1 Å². The van der Waals surface area contributed by atoms with E-state index in [1.54, 1.807) is 7.11 Å². The second-order valence-electron chi connectivity index (χ2n) is 5.52. The number of rotatable bonds is 10. The third-order valence-corrected chi connectivity index (χ3v) is 4.32. The quantitative estimate of drug-likeness (QED) is 0.263. The Bertz CT molecular complexity index is 305. The van der Waals surface area contributed by atoms with Gasteiger partial charge in [-0.15, -0.1) is 6.58 Å². The van der Waals surface area contributed by atoms with Gasteiger partial charge in [-0.2, -0.15) is 0 Å². The number of allylic oxidation sites excluding steroid dienone is 1. The maximum atomic E-state index is 11.9. The SMILES string of the molecule is C=CCCCC(CC(=O)CC=O)(OC)C1CCCC1. The highest BCUT2D eigenvalue weighted by Crippen LogP contribution is 2.41. The number of hydrogen-bond acceptors (Lipinski definition) is 3. The summed E-state index contributed by atoms with van der Waals surface area (Å²) < 4.78 is 5.81. The number of aldehydes is 1. The molecule has 0 N–H and O–H groups in total. The summed E-state index contributed by atoms with van der Waals surface area (Å²) in [5.74, 6) is 0.459. The van der Waals surface area contributed by atoms with Crippen molar-refractivity contribution in [2.24, 2.45) is 5.92 Å². The fourth-order valence-corrected chi connectivity index (χ4v) is 3.27. The highest BCUT2D eigenvalue weighted by atomic mass is 16.5. The van der Waals surface area contributed by atoms with Crippen molar-refractivity contribution in [1.82, 2.24) is 0 Å². The standard InChI is InChI=1S/C16H26O3/c1-3-4-7-11-16(19-2,13-15(18)10-12-17)14-8-5-6-9-14/h3,12,14H,1,4-11,13H2,2H3. The second-order valence-corrected chi connectivity index (χ2v) is 5.52. The van der Waals surface area contributed by atoms with Crippen LogP contribution in [0.1, 0.15) is 57.8 Å². The minimum Gasteiger partial charge on any atom is -0.377 e. The van der Waals surface area contributed by atoms with E-state index in [1.807, 2.05) is 6.08 Å². The molecule has 3 nitrogen and oxygen atoms in total. The molecule has 1 saturated carbocycles. The lowest BCUT2D eigenvalue weighted by Crippen LogP contribution is -2.41. The van der Waals surface area contributed by atoms with Crippen LogP contribution in [0.5, 0.6) is 0 Å². The summed E-state index contributed by atoms with van der Waals surface area (Å²) in [6, 6.07) is 0. The van der Waals surface area contributed by atoms with Gasteiger partial charge in [-0.1, -0.05) is 18.9 Å². The average Bonchev–Trinajstić information content (AvgIpc) is 2.92. The molecule has 0 amide bonds. The van der Waals surface area contributed by atoms with E-state index in [4.69, 9.17) is 4.74 Å². The first kappa shape index (κ1) is 16.1.